The van der Waals surface area contributed by atoms with Crippen LogP contribution in [-0.2, 0) is 36.9 Å². The van der Waals surface area contributed by atoms with E-state index in [2.05, 4.69) is 16.1 Å². The molecule has 1 aliphatic carbocycles. The zero-order chi connectivity index (χ0) is 38.8. The first-order valence-corrected chi connectivity index (χ1v) is 18.7. The Morgan fingerprint density at radius 1 is 1.02 bits per heavy atom. The van der Waals surface area contributed by atoms with Crippen LogP contribution in [0.2, 0.25) is 0 Å². The molecule has 6 rings (SSSR count). The third kappa shape index (κ3) is 8.79. The van der Waals surface area contributed by atoms with Crippen molar-refractivity contribution >= 4 is 29.9 Å². The van der Waals surface area contributed by atoms with E-state index >= 15 is 0 Å². The van der Waals surface area contributed by atoms with Crippen LogP contribution in [0.3, 0.4) is 0 Å². The van der Waals surface area contributed by atoms with Gasteiger partial charge in [0.2, 0.25) is 11.8 Å². The number of rotatable bonds is 5. The molecule has 54 heavy (non-hydrogen) atoms. The van der Waals surface area contributed by atoms with Crippen molar-refractivity contribution in [1.29, 1.82) is 0 Å². The highest BCUT2D eigenvalue weighted by Crippen LogP contribution is 2.45. The van der Waals surface area contributed by atoms with E-state index in [1.807, 2.05) is 32.1 Å². The van der Waals surface area contributed by atoms with E-state index in [0.717, 1.165) is 30.4 Å². The van der Waals surface area contributed by atoms with Gasteiger partial charge in [0.1, 0.15) is 35.1 Å². The lowest BCUT2D eigenvalue weighted by atomic mass is 10.0. The van der Waals surface area contributed by atoms with Crippen molar-refractivity contribution in [2.24, 2.45) is 5.92 Å². The van der Waals surface area contributed by atoms with Gasteiger partial charge in [0.25, 0.3) is 5.91 Å². The molecule has 3 heterocycles. The number of hydrogen-bond donors (Lipinski definition) is 3. The number of nitrogens with one attached hydrogen (secondary N) is 3. The van der Waals surface area contributed by atoms with E-state index in [-0.39, 0.29) is 32.0 Å². The molecular formula is C40H50FN5O8. The Balaban J connectivity index is 1.24. The van der Waals surface area contributed by atoms with Crippen molar-refractivity contribution in [3.8, 4) is 5.75 Å². The largest absolute Gasteiger partial charge is 0.444 e. The molecule has 14 heteroatoms. The molecule has 3 N–H and O–H groups in total. The summed E-state index contributed by atoms with van der Waals surface area (Å²) in [5.41, 5.74) is 3.50. The molecule has 3 aliphatic heterocycles. The van der Waals surface area contributed by atoms with E-state index < -0.39 is 65.1 Å². The zero-order valence-corrected chi connectivity index (χ0v) is 31.5. The predicted molar refractivity (Wildman–Crippen MR) is 195 cm³/mol. The molecule has 0 spiro atoms. The summed E-state index contributed by atoms with van der Waals surface area (Å²) in [4.78, 5) is 77.2. The molecule has 2 aromatic carbocycles. The summed E-state index contributed by atoms with van der Waals surface area (Å²) in [5, 5.41) is 5.65. The maximum absolute atomic E-state index is 14.5. The molecule has 4 aliphatic rings. The number of hydroxylamine groups is 1. The lowest BCUT2D eigenvalue weighted by Crippen LogP contribution is -2.58. The number of allylic oxidation sites excluding steroid dienone is 1. The van der Waals surface area contributed by atoms with Gasteiger partial charge in [0, 0.05) is 24.4 Å². The van der Waals surface area contributed by atoms with Gasteiger partial charge in [0.15, 0.2) is 5.75 Å². The normalized spacial score (nSPS) is 26.2. The van der Waals surface area contributed by atoms with Crippen LogP contribution < -0.4 is 21.0 Å². The Morgan fingerprint density at radius 2 is 1.81 bits per heavy atom. The zero-order valence-electron chi connectivity index (χ0n) is 31.5. The second-order valence-electron chi connectivity index (χ2n) is 15.8. The molecule has 290 valence electrons. The van der Waals surface area contributed by atoms with Gasteiger partial charge < -0.3 is 29.8 Å². The molecule has 2 fully saturated rings. The highest BCUT2D eigenvalue weighted by Gasteiger charge is 2.61. The van der Waals surface area contributed by atoms with Crippen LogP contribution in [0, 0.1) is 25.6 Å². The van der Waals surface area contributed by atoms with Crippen molar-refractivity contribution in [3.05, 3.63) is 76.6 Å². The van der Waals surface area contributed by atoms with Crippen LogP contribution in [-0.4, -0.2) is 75.6 Å². The number of ether oxygens (including phenoxy) is 2. The van der Waals surface area contributed by atoms with E-state index in [0.29, 0.717) is 36.1 Å². The molecule has 0 aromatic heterocycles. The van der Waals surface area contributed by atoms with E-state index in [4.69, 9.17) is 14.3 Å². The SMILES string of the molecule is Cc1ccc(ONC(=O)[C@@]23C[C@@H]2/C=C\CCCCC[C@H](NC(=O)OC(C)(C)C)C(=O)N2C[C@H](OC(=O)N4Cc5cccc(F)c5C4)C[C@H]2C(=O)N3)cc1C. The van der Waals surface area contributed by atoms with Gasteiger partial charge >= 0.3 is 12.2 Å². The van der Waals surface area contributed by atoms with Gasteiger partial charge in [-0.25, -0.2) is 14.0 Å². The van der Waals surface area contributed by atoms with Gasteiger partial charge in [-0.15, -0.1) is 0 Å². The minimum Gasteiger partial charge on any atom is -0.444 e. The summed E-state index contributed by atoms with van der Waals surface area (Å²) in [6.07, 6.45) is 5.01. The Labute approximate surface area is 314 Å². The number of aryl methyl sites for hydroxylation is 2. The first kappa shape index (κ1) is 38.6. The highest BCUT2D eigenvalue weighted by atomic mass is 19.1. The second kappa shape index (κ2) is 15.7. The molecule has 1 saturated heterocycles. The molecule has 2 aromatic rings. The number of amides is 5. The summed E-state index contributed by atoms with van der Waals surface area (Å²) in [5.74, 6) is -1.99. The Hall–Kier alpha value is -5.14. The molecule has 0 bridgehead atoms. The van der Waals surface area contributed by atoms with Crippen molar-refractivity contribution < 1.29 is 42.7 Å². The van der Waals surface area contributed by atoms with Crippen LogP contribution in [0.4, 0.5) is 14.0 Å². The minimum absolute atomic E-state index is 0.0266. The van der Waals surface area contributed by atoms with Gasteiger partial charge in [0.05, 0.1) is 13.1 Å². The van der Waals surface area contributed by atoms with E-state index in [1.165, 1.54) is 15.9 Å². The lowest BCUT2D eigenvalue weighted by Gasteiger charge is -2.30. The molecule has 0 radical (unpaired) electrons. The Bertz CT molecular complexity index is 1830. The second-order valence-corrected chi connectivity index (χ2v) is 15.8. The summed E-state index contributed by atoms with van der Waals surface area (Å²) >= 11 is 0. The Kier molecular flexibility index (Phi) is 11.2. The third-order valence-electron chi connectivity index (χ3n) is 10.5. The van der Waals surface area contributed by atoms with E-state index in [1.54, 1.807) is 45.0 Å². The highest BCUT2D eigenvalue weighted by molar-refractivity contribution is 5.98. The van der Waals surface area contributed by atoms with Crippen molar-refractivity contribution in [2.45, 2.75) is 122 Å². The topological polar surface area (TPSA) is 156 Å². The molecule has 5 amide bonds. The third-order valence-corrected chi connectivity index (χ3v) is 10.5. The molecule has 1 saturated carbocycles. The number of carbonyl (C=O) groups excluding carboxylic acids is 5. The number of alkyl carbamates (subject to hydrolysis) is 1. The van der Waals surface area contributed by atoms with Gasteiger partial charge in [-0.2, -0.15) is 5.48 Å². The molecule has 0 unspecified atom stereocenters. The monoisotopic (exact) mass is 747 g/mol. The fraction of sp³-hybridized carbons (Fsp3) is 0.525. The van der Waals surface area contributed by atoms with Gasteiger partial charge in [-0.1, -0.05) is 43.2 Å². The average molecular weight is 748 g/mol. The van der Waals surface area contributed by atoms with Gasteiger partial charge in [-0.3, -0.25) is 19.3 Å². The quantitative estimate of drug-likeness (QED) is 0.277. The maximum Gasteiger partial charge on any atom is 0.410 e. The van der Waals surface area contributed by atoms with Crippen LogP contribution >= 0.6 is 0 Å². The van der Waals surface area contributed by atoms with Crippen LogP contribution in [0.25, 0.3) is 0 Å². The minimum atomic E-state index is -1.35. The first-order chi connectivity index (χ1) is 25.6. The molecular weight excluding hydrogens is 697 g/mol. The molecule has 13 nitrogen and oxygen atoms in total. The predicted octanol–water partition coefficient (Wildman–Crippen LogP) is 5.26. The first-order valence-electron chi connectivity index (χ1n) is 18.7. The summed E-state index contributed by atoms with van der Waals surface area (Å²) in [6.45, 7) is 9.10. The number of halogens is 1. The maximum atomic E-state index is 14.5. The lowest BCUT2D eigenvalue weighted by molar-refractivity contribution is -0.142. The number of nitrogens with zero attached hydrogens (tertiary/aromatic N) is 2. The van der Waals surface area contributed by atoms with Crippen molar-refractivity contribution in [3.63, 3.8) is 0 Å². The van der Waals surface area contributed by atoms with Crippen molar-refractivity contribution in [1.82, 2.24) is 25.9 Å². The van der Waals surface area contributed by atoms with Crippen molar-refractivity contribution in [2.75, 3.05) is 6.54 Å². The van der Waals surface area contributed by atoms with Gasteiger partial charge in [-0.05, 0) is 95.2 Å². The smallest absolute Gasteiger partial charge is 0.410 e. The fourth-order valence-electron chi connectivity index (χ4n) is 7.32. The number of carbonyl (C=O) groups is 5. The number of fused-ring (bicyclic) bond motifs is 3. The number of benzene rings is 2. The summed E-state index contributed by atoms with van der Waals surface area (Å²) in [6, 6.07) is 7.91. The van der Waals surface area contributed by atoms with Crippen LogP contribution in [0.5, 0.6) is 5.75 Å². The number of hydrogen-bond acceptors (Lipinski definition) is 8. The summed E-state index contributed by atoms with van der Waals surface area (Å²) in [7, 11) is 0. The van der Waals surface area contributed by atoms with Crippen LogP contribution in [0.15, 0.2) is 48.6 Å². The standard InChI is InChI=1S/C40H50FN5O8/c1-24-16-17-28(18-25(24)2)54-44-36(49)40-20-27(40)13-9-7-6-8-10-15-32(42-37(50)53-39(3,4)5)35(48)46-22-29(19-33(46)34(47)43-40)52-38(51)45-21-26-12-11-14-31(41)30(26)23-45/h9,11-14,16-18,27,29,32-33H,6-8,10,15,19-23H2,1-5H3,(H,42,50)(H,43,47)(H,44,49)/b13-9-/t27-,29+,32-,33-,40+/m0/s1. The average Bonchev–Trinajstić information content (AvgIpc) is 3.40. The van der Waals surface area contributed by atoms with Crippen LogP contribution in [0.1, 0.15) is 88.0 Å². The van der Waals surface area contributed by atoms with E-state index in [9.17, 15) is 28.4 Å². The summed E-state index contributed by atoms with van der Waals surface area (Å²) < 4.78 is 25.8. The fourth-order valence-corrected chi connectivity index (χ4v) is 7.32. The molecule has 5 atom stereocenters. The Morgan fingerprint density at radius 3 is 2.56 bits per heavy atom.